The second-order valence-electron chi connectivity index (χ2n) is 5.87. The van der Waals surface area contributed by atoms with Crippen LogP contribution in [0.2, 0.25) is 5.02 Å². The van der Waals surface area contributed by atoms with Crippen LogP contribution >= 0.6 is 11.6 Å². The normalized spacial score (nSPS) is 10.3. The zero-order valence-electron chi connectivity index (χ0n) is 14.2. The van der Waals surface area contributed by atoms with E-state index in [1.165, 1.54) is 0 Å². The molecule has 3 aromatic carbocycles. The van der Waals surface area contributed by atoms with Crippen LogP contribution in [0.25, 0.3) is 0 Å². The largest absolute Gasteiger partial charge is 0.399 e. The van der Waals surface area contributed by atoms with Crippen LogP contribution in [0.4, 0.5) is 21.9 Å². The maximum absolute atomic E-state index is 12.8. The summed E-state index contributed by atoms with van der Waals surface area (Å²) >= 11 is 6.00. The molecule has 0 heterocycles. The van der Waals surface area contributed by atoms with Crippen LogP contribution in [-0.4, -0.2) is 12.6 Å². The number of anilines is 3. The standard InChI is InChI=1S/C21H20ClN3O/c22-17-6-4-5-16(15-17)13-14-24-21(26)25(19-7-2-1-3-8-19)20-11-9-18(23)10-12-20/h1-12,15H,13-14,23H2,(H,24,26). The maximum Gasteiger partial charge on any atom is 0.326 e. The molecule has 3 aromatic rings. The maximum atomic E-state index is 12.8. The van der Waals surface area contributed by atoms with Crippen molar-refractivity contribution in [3.63, 3.8) is 0 Å². The van der Waals surface area contributed by atoms with E-state index in [0.29, 0.717) is 23.7 Å². The van der Waals surface area contributed by atoms with Gasteiger partial charge in [0.25, 0.3) is 0 Å². The highest BCUT2D eigenvalue weighted by molar-refractivity contribution is 6.30. The number of halogens is 1. The van der Waals surface area contributed by atoms with Crippen molar-refractivity contribution in [2.75, 3.05) is 17.2 Å². The average molecular weight is 366 g/mol. The monoisotopic (exact) mass is 365 g/mol. The summed E-state index contributed by atoms with van der Waals surface area (Å²) in [5, 5.41) is 3.67. The fraction of sp³-hybridized carbons (Fsp3) is 0.0952. The molecule has 0 aromatic heterocycles. The molecule has 0 unspecified atom stereocenters. The molecule has 0 saturated carbocycles. The molecule has 0 aliphatic carbocycles. The van der Waals surface area contributed by atoms with Gasteiger partial charge in [0.2, 0.25) is 0 Å². The summed E-state index contributed by atoms with van der Waals surface area (Å²) in [6, 6.07) is 24.2. The Morgan fingerprint density at radius 2 is 1.62 bits per heavy atom. The van der Waals surface area contributed by atoms with Crippen molar-refractivity contribution < 1.29 is 4.79 Å². The highest BCUT2D eigenvalue weighted by atomic mass is 35.5. The summed E-state index contributed by atoms with van der Waals surface area (Å²) in [5.41, 5.74) is 9.05. The molecule has 3 rings (SSSR count). The van der Waals surface area contributed by atoms with Gasteiger partial charge in [-0.1, -0.05) is 41.9 Å². The Balaban J connectivity index is 1.74. The number of nitrogens with two attached hydrogens (primary N) is 1. The van der Waals surface area contributed by atoms with Crippen LogP contribution in [0.1, 0.15) is 5.56 Å². The Bertz CT molecular complexity index is 866. The highest BCUT2D eigenvalue weighted by Crippen LogP contribution is 2.26. The Labute approximate surface area is 158 Å². The molecule has 0 saturated heterocycles. The molecule has 3 N–H and O–H groups in total. The van der Waals surface area contributed by atoms with Crippen molar-refractivity contribution in [3.8, 4) is 0 Å². The fourth-order valence-electron chi connectivity index (χ4n) is 2.67. The van der Waals surface area contributed by atoms with Gasteiger partial charge in [-0.25, -0.2) is 4.79 Å². The van der Waals surface area contributed by atoms with Crippen molar-refractivity contribution in [1.82, 2.24) is 5.32 Å². The molecule has 0 bridgehead atoms. The lowest BCUT2D eigenvalue weighted by molar-refractivity contribution is 0.248. The van der Waals surface area contributed by atoms with Crippen molar-refractivity contribution >= 4 is 34.7 Å². The van der Waals surface area contributed by atoms with E-state index in [-0.39, 0.29) is 6.03 Å². The number of hydrogen-bond acceptors (Lipinski definition) is 2. The zero-order chi connectivity index (χ0) is 18.4. The molecule has 0 aliphatic rings. The van der Waals surface area contributed by atoms with Gasteiger partial charge < -0.3 is 11.1 Å². The SMILES string of the molecule is Nc1ccc(N(C(=O)NCCc2cccc(Cl)c2)c2ccccc2)cc1. The van der Waals surface area contributed by atoms with E-state index in [1.807, 2.05) is 66.7 Å². The van der Waals surface area contributed by atoms with E-state index in [4.69, 9.17) is 17.3 Å². The molecule has 26 heavy (non-hydrogen) atoms. The van der Waals surface area contributed by atoms with E-state index in [9.17, 15) is 4.79 Å². The van der Waals surface area contributed by atoms with Crippen LogP contribution in [0, 0.1) is 0 Å². The first-order valence-corrected chi connectivity index (χ1v) is 8.74. The van der Waals surface area contributed by atoms with Gasteiger partial charge in [-0.15, -0.1) is 0 Å². The van der Waals surface area contributed by atoms with Crippen LogP contribution in [0.3, 0.4) is 0 Å². The van der Waals surface area contributed by atoms with Gasteiger partial charge >= 0.3 is 6.03 Å². The summed E-state index contributed by atoms with van der Waals surface area (Å²) < 4.78 is 0. The quantitative estimate of drug-likeness (QED) is 0.624. The minimum Gasteiger partial charge on any atom is -0.399 e. The third-order valence-corrected chi connectivity index (χ3v) is 4.18. The number of hydrogen-bond donors (Lipinski definition) is 2. The first-order chi connectivity index (χ1) is 12.6. The molecule has 2 amide bonds. The highest BCUT2D eigenvalue weighted by Gasteiger charge is 2.17. The molecule has 132 valence electrons. The second kappa shape index (κ2) is 8.41. The fourth-order valence-corrected chi connectivity index (χ4v) is 2.88. The molecule has 0 fully saturated rings. The first kappa shape index (κ1) is 17.8. The van der Waals surface area contributed by atoms with Crippen molar-refractivity contribution in [1.29, 1.82) is 0 Å². The molecule has 4 nitrogen and oxygen atoms in total. The van der Waals surface area contributed by atoms with Crippen LogP contribution in [0.5, 0.6) is 0 Å². The second-order valence-corrected chi connectivity index (χ2v) is 6.31. The van der Waals surface area contributed by atoms with Gasteiger partial charge in [0.15, 0.2) is 0 Å². The number of carbonyl (C=O) groups is 1. The number of nitrogens with one attached hydrogen (secondary N) is 1. The summed E-state index contributed by atoms with van der Waals surface area (Å²) in [6.45, 7) is 0.511. The Morgan fingerprint density at radius 1 is 0.923 bits per heavy atom. The number of rotatable bonds is 5. The van der Waals surface area contributed by atoms with E-state index in [0.717, 1.165) is 16.9 Å². The summed E-state index contributed by atoms with van der Waals surface area (Å²) in [5.74, 6) is 0. The number of benzene rings is 3. The smallest absolute Gasteiger partial charge is 0.326 e. The third-order valence-electron chi connectivity index (χ3n) is 3.95. The number of urea groups is 1. The lowest BCUT2D eigenvalue weighted by atomic mass is 10.1. The van der Waals surface area contributed by atoms with E-state index in [1.54, 1.807) is 17.0 Å². The Hall–Kier alpha value is -2.98. The Morgan fingerprint density at radius 3 is 2.31 bits per heavy atom. The van der Waals surface area contributed by atoms with E-state index < -0.39 is 0 Å². The lowest BCUT2D eigenvalue weighted by Gasteiger charge is -2.23. The topological polar surface area (TPSA) is 58.4 Å². The van der Waals surface area contributed by atoms with Crippen LogP contribution < -0.4 is 16.0 Å². The number of amides is 2. The molecule has 0 radical (unpaired) electrons. The molecule has 0 spiro atoms. The summed E-state index contributed by atoms with van der Waals surface area (Å²) in [7, 11) is 0. The zero-order valence-corrected chi connectivity index (χ0v) is 15.0. The molecule has 5 heteroatoms. The van der Waals surface area contributed by atoms with E-state index in [2.05, 4.69) is 5.32 Å². The number of carbonyl (C=O) groups excluding carboxylic acids is 1. The predicted molar refractivity (Wildman–Crippen MR) is 108 cm³/mol. The minimum atomic E-state index is -0.192. The summed E-state index contributed by atoms with van der Waals surface area (Å²) in [6.07, 6.45) is 0.705. The number of para-hydroxylation sites is 1. The van der Waals surface area contributed by atoms with Crippen LogP contribution in [-0.2, 0) is 6.42 Å². The van der Waals surface area contributed by atoms with Gasteiger partial charge in [0.05, 0.1) is 11.4 Å². The first-order valence-electron chi connectivity index (χ1n) is 8.36. The van der Waals surface area contributed by atoms with E-state index >= 15 is 0 Å². The van der Waals surface area contributed by atoms with Gasteiger partial charge in [-0.3, -0.25) is 4.90 Å². The number of nitrogen functional groups attached to an aromatic ring is 1. The number of nitrogens with zero attached hydrogens (tertiary/aromatic N) is 1. The predicted octanol–water partition coefficient (Wildman–Crippen LogP) is 5.01. The van der Waals surface area contributed by atoms with Crippen molar-refractivity contribution in [2.45, 2.75) is 6.42 Å². The third kappa shape index (κ3) is 4.55. The molecule has 0 atom stereocenters. The Kier molecular flexibility index (Phi) is 5.77. The van der Waals surface area contributed by atoms with Gasteiger partial charge in [0, 0.05) is 17.3 Å². The molecular formula is C21H20ClN3O. The molecule has 0 aliphatic heterocycles. The minimum absolute atomic E-state index is 0.192. The van der Waals surface area contributed by atoms with Gasteiger partial charge in [-0.05, 0) is 60.5 Å². The van der Waals surface area contributed by atoms with Crippen molar-refractivity contribution in [3.05, 3.63) is 89.4 Å². The van der Waals surface area contributed by atoms with Crippen molar-refractivity contribution in [2.24, 2.45) is 0 Å². The van der Waals surface area contributed by atoms with Crippen LogP contribution in [0.15, 0.2) is 78.9 Å². The molecular weight excluding hydrogens is 346 g/mol. The lowest BCUT2D eigenvalue weighted by Crippen LogP contribution is -2.37. The van der Waals surface area contributed by atoms with Gasteiger partial charge in [-0.2, -0.15) is 0 Å². The summed E-state index contributed by atoms with van der Waals surface area (Å²) in [4.78, 5) is 14.5. The van der Waals surface area contributed by atoms with Gasteiger partial charge in [0.1, 0.15) is 0 Å². The average Bonchev–Trinajstić information content (AvgIpc) is 2.65.